The van der Waals surface area contributed by atoms with Crippen LogP contribution in [-0.4, -0.2) is 49.9 Å². The van der Waals surface area contributed by atoms with Crippen LogP contribution < -0.4 is 9.80 Å². The summed E-state index contributed by atoms with van der Waals surface area (Å²) in [5, 5.41) is 0. The summed E-state index contributed by atoms with van der Waals surface area (Å²) in [6, 6.07) is 15.5. The topological polar surface area (TPSA) is 43.9 Å². The first-order valence-corrected chi connectivity index (χ1v) is 9.92. The van der Waals surface area contributed by atoms with Crippen LogP contribution >= 0.6 is 0 Å². The van der Waals surface area contributed by atoms with E-state index in [0.29, 0.717) is 17.7 Å². The number of likely N-dealkylation sites (tertiary alicyclic amines) is 1. The Morgan fingerprint density at radius 2 is 1.32 bits per heavy atom. The van der Waals surface area contributed by atoms with Crippen LogP contribution in [0.3, 0.4) is 0 Å². The van der Waals surface area contributed by atoms with E-state index in [-0.39, 0.29) is 11.8 Å². The van der Waals surface area contributed by atoms with Crippen LogP contribution in [0.1, 0.15) is 24.0 Å². The van der Waals surface area contributed by atoms with Crippen molar-refractivity contribution in [1.29, 1.82) is 0 Å². The number of amides is 2. The van der Waals surface area contributed by atoms with Gasteiger partial charge in [0.25, 0.3) is 11.8 Å². The molecule has 0 spiro atoms. The Bertz CT molecular complexity index is 1000. The van der Waals surface area contributed by atoms with Crippen LogP contribution in [-0.2, 0) is 9.59 Å². The number of benzene rings is 2. The van der Waals surface area contributed by atoms with Gasteiger partial charge in [-0.05, 0) is 38.1 Å². The number of carbonyl (C=O) groups is 2. The monoisotopic (exact) mass is 373 g/mol. The van der Waals surface area contributed by atoms with Crippen molar-refractivity contribution < 1.29 is 9.59 Å². The van der Waals surface area contributed by atoms with Gasteiger partial charge in [0.1, 0.15) is 0 Å². The Hall–Kier alpha value is -2.92. The second-order valence-corrected chi connectivity index (χ2v) is 7.65. The van der Waals surface area contributed by atoms with Gasteiger partial charge in [0.15, 0.2) is 0 Å². The van der Waals surface area contributed by atoms with E-state index in [2.05, 4.69) is 4.90 Å². The van der Waals surface area contributed by atoms with E-state index in [1.165, 1.54) is 12.8 Å². The number of para-hydroxylation sites is 2. The van der Waals surface area contributed by atoms with Crippen molar-refractivity contribution in [3.8, 4) is 0 Å². The van der Waals surface area contributed by atoms with Crippen LogP contribution in [0.4, 0.5) is 11.4 Å². The zero-order valence-electron chi connectivity index (χ0n) is 16.0. The summed E-state index contributed by atoms with van der Waals surface area (Å²) in [7, 11) is 1.77. The van der Waals surface area contributed by atoms with Crippen molar-refractivity contribution in [1.82, 2.24) is 4.90 Å². The number of nitrogens with zero attached hydrogens (tertiary/aromatic N) is 3. The number of hydrogen-bond acceptors (Lipinski definition) is 3. The van der Waals surface area contributed by atoms with Gasteiger partial charge in [-0.3, -0.25) is 9.59 Å². The van der Waals surface area contributed by atoms with Gasteiger partial charge in [-0.15, -0.1) is 0 Å². The minimum atomic E-state index is -0.110. The fourth-order valence-corrected chi connectivity index (χ4v) is 4.60. The molecule has 0 unspecified atom stereocenters. The minimum absolute atomic E-state index is 0.0613. The predicted molar refractivity (Wildman–Crippen MR) is 111 cm³/mol. The molecule has 142 valence electrons. The molecule has 3 heterocycles. The Kier molecular flexibility index (Phi) is 4.05. The highest BCUT2D eigenvalue weighted by atomic mass is 16.2. The average Bonchev–Trinajstić information content (AvgIpc) is 3.39. The van der Waals surface area contributed by atoms with E-state index in [9.17, 15) is 9.59 Å². The summed E-state index contributed by atoms with van der Waals surface area (Å²) in [4.78, 5) is 32.5. The summed E-state index contributed by atoms with van der Waals surface area (Å²) < 4.78 is 0. The molecule has 5 rings (SSSR count). The standard InChI is InChI=1S/C23H23N3O2/c1-24-18-10-4-2-8-16(18)20(22(24)27)21-17-9-3-5-11-19(17)26(23(21)28)15-14-25-12-6-7-13-25/h2-5,8-11H,6-7,12-15H2,1H3/b21-20+. The molecule has 1 fully saturated rings. The lowest BCUT2D eigenvalue weighted by molar-refractivity contribution is -0.114. The lowest BCUT2D eigenvalue weighted by Crippen LogP contribution is -2.35. The largest absolute Gasteiger partial charge is 0.311 e. The van der Waals surface area contributed by atoms with Crippen molar-refractivity contribution >= 4 is 34.3 Å². The lowest BCUT2D eigenvalue weighted by Gasteiger charge is -2.21. The smallest absolute Gasteiger partial charge is 0.259 e. The van der Waals surface area contributed by atoms with Crippen LogP contribution in [0.2, 0.25) is 0 Å². The third kappa shape index (κ3) is 2.50. The van der Waals surface area contributed by atoms with Crippen LogP contribution in [0, 0.1) is 0 Å². The first-order valence-electron chi connectivity index (χ1n) is 9.92. The number of fused-ring (bicyclic) bond motifs is 2. The molecule has 1 saturated heterocycles. The molecule has 0 atom stereocenters. The maximum atomic E-state index is 13.5. The van der Waals surface area contributed by atoms with Crippen LogP contribution in [0.5, 0.6) is 0 Å². The molecule has 5 nitrogen and oxygen atoms in total. The van der Waals surface area contributed by atoms with E-state index in [1.54, 1.807) is 11.9 Å². The van der Waals surface area contributed by atoms with E-state index in [0.717, 1.165) is 42.1 Å². The SMILES string of the molecule is CN1C(=O)/C(=C2/C(=O)N(CCN3CCCC3)c3ccccc32)c2ccccc21. The number of rotatable bonds is 3. The van der Waals surface area contributed by atoms with Gasteiger partial charge in [-0.25, -0.2) is 0 Å². The normalized spacial score (nSPS) is 21.6. The number of anilines is 2. The first-order chi connectivity index (χ1) is 13.7. The third-order valence-electron chi connectivity index (χ3n) is 6.06. The highest BCUT2D eigenvalue weighted by molar-refractivity contribution is 6.49. The zero-order valence-corrected chi connectivity index (χ0v) is 16.0. The van der Waals surface area contributed by atoms with E-state index in [1.807, 2.05) is 53.4 Å². The van der Waals surface area contributed by atoms with Gasteiger partial charge >= 0.3 is 0 Å². The molecule has 2 amide bonds. The fraction of sp³-hybridized carbons (Fsp3) is 0.304. The highest BCUT2D eigenvalue weighted by Gasteiger charge is 2.40. The van der Waals surface area contributed by atoms with Gasteiger partial charge < -0.3 is 14.7 Å². The maximum absolute atomic E-state index is 13.5. The quantitative estimate of drug-likeness (QED) is 0.777. The molecule has 0 saturated carbocycles. The van der Waals surface area contributed by atoms with Crippen LogP contribution in [0.25, 0.3) is 11.1 Å². The first kappa shape index (κ1) is 17.2. The highest BCUT2D eigenvalue weighted by Crippen LogP contribution is 2.45. The van der Waals surface area contributed by atoms with E-state index >= 15 is 0 Å². The lowest BCUT2D eigenvalue weighted by atomic mass is 9.96. The second-order valence-electron chi connectivity index (χ2n) is 7.65. The molecular formula is C23H23N3O2. The summed E-state index contributed by atoms with van der Waals surface area (Å²) >= 11 is 0. The van der Waals surface area contributed by atoms with Crippen molar-refractivity contribution in [3.63, 3.8) is 0 Å². The molecule has 3 aliphatic heterocycles. The molecule has 2 aromatic rings. The van der Waals surface area contributed by atoms with Crippen molar-refractivity contribution in [2.75, 3.05) is 43.0 Å². The molecule has 0 N–H and O–H groups in total. The predicted octanol–water partition coefficient (Wildman–Crippen LogP) is 3.02. The van der Waals surface area contributed by atoms with Gasteiger partial charge in [0.2, 0.25) is 0 Å². The third-order valence-corrected chi connectivity index (χ3v) is 6.06. The number of hydrogen-bond donors (Lipinski definition) is 0. The molecular weight excluding hydrogens is 350 g/mol. The molecule has 5 heteroatoms. The Morgan fingerprint density at radius 3 is 2.04 bits per heavy atom. The Balaban J connectivity index is 1.60. The summed E-state index contributed by atoms with van der Waals surface area (Å²) in [6.07, 6.45) is 2.47. The minimum Gasteiger partial charge on any atom is -0.311 e. The van der Waals surface area contributed by atoms with Gasteiger partial charge in [0.05, 0.1) is 22.5 Å². The van der Waals surface area contributed by atoms with Gasteiger partial charge in [-0.2, -0.15) is 0 Å². The molecule has 0 aromatic heterocycles. The number of carbonyl (C=O) groups excluding carboxylic acids is 2. The van der Waals surface area contributed by atoms with E-state index < -0.39 is 0 Å². The van der Waals surface area contributed by atoms with Crippen molar-refractivity contribution in [2.45, 2.75) is 12.8 Å². The van der Waals surface area contributed by atoms with E-state index in [4.69, 9.17) is 0 Å². The van der Waals surface area contributed by atoms with Gasteiger partial charge in [0, 0.05) is 31.3 Å². The molecule has 0 aliphatic carbocycles. The fourth-order valence-electron chi connectivity index (χ4n) is 4.60. The number of likely N-dealkylation sites (N-methyl/N-ethyl adjacent to an activating group) is 1. The maximum Gasteiger partial charge on any atom is 0.259 e. The Labute approximate surface area is 164 Å². The summed E-state index contributed by atoms with van der Waals surface area (Å²) in [5.41, 5.74) is 4.54. The van der Waals surface area contributed by atoms with Crippen LogP contribution in [0.15, 0.2) is 48.5 Å². The molecule has 3 aliphatic rings. The summed E-state index contributed by atoms with van der Waals surface area (Å²) in [5.74, 6) is -0.172. The molecule has 0 bridgehead atoms. The molecule has 28 heavy (non-hydrogen) atoms. The van der Waals surface area contributed by atoms with Crippen molar-refractivity contribution in [2.24, 2.45) is 0 Å². The molecule has 2 aromatic carbocycles. The average molecular weight is 373 g/mol. The zero-order chi connectivity index (χ0) is 19.3. The Morgan fingerprint density at radius 1 is 0.750 bits per heavy atom. The molecule has 0 radical (unpaired) electrons. The second kappa shape index (κ2) is 6.60. The van der Waals surface area contributed by atoms with Gasteiger partial charge in [-0.1, -0.05) is 36.4 Å². The summed E-state index contributed by atoms with van der Waals surface area (Å²) in [6.45, 7) is 3.73. The van der Waals surface area contributed by atoms with Crippen molar-refractivity contribution in [3.05, 3.63) is 59.7 Å².